The lowest BCUT2D eigenvalue weighted by Crippen LogP contribution is -2.32. The topological polar surface area (TPSA) is 0 Å². The summed E-state index contributed by atoms with van der Waals surface area (Å²) in [7, 11) is -2.05. The largest absolute Gasteiger partial charge is 0.116 e. The summed E-state index contributed by atoms with van der Waals surface area (Å²) in [5, 5.41) is 4.26. The molecule has 4 aromatic rings. The third-order valence-corrected chi connectivity index (χ3v) is 12.6. The molecule has 196 valence electrons. The molecule has 0 heterocycles. The smallest absolute Gasteiger partial charge is 0.0622 e. The zero-order valence-electron chi connectivity index (χ0n) is 23.6. The van der Waals surface area contributed by atoms with Crippen LogP contribution in [-0.2, 0) is 6.16 Å². The van der Waals surface area contributed by atoms with Crippen LogP contribution in [0.2, 0.25) is 0 Å². The molecule has 0 aromatic heterocycles. The summed E-state index contributed by atoms with van der Waals surface area (Å²) in [5.41, 5.74) is 9.60. The number of hydrogen-bond acceptors (Lipinski definition) is 0. The van der Waals surface area contributed by atoms with Crippen LogP contribution in [-0.4, -0.2) is 0 Å². The monoisotopic (exact) mass is 535 g/mol. The molecule has 0 N–H and O–H groups in total. The highest BCUT2D eigenvalue weighted by molar-refractivity contribution is 7.95. The van der Waals surface area contributed by atoms with E-state index in [9.17, 15) is 0 Å². The average Bonchev–Trinajstić information content (AvgIpc) is 3.13. The van der Waals surface area contributed by atoms with Crippen molar-refractivity contribution in [3.05, 3.63) is 162 Å². The molecule has 0 aliphatic heterocycles. The second kappa shape index (κ2) is 11.2. The summed E-state index contributed by atoms with van der Waals surface area (Å²) in [4.78, 5) is 0. The highest BCUT2D eigenvalue weighted by Gasteiger charge is 2.46. The normalized spacial score (nSPS) is 11.7. The molecule has 0 fully saturated rings. The molecule has 0 saturated carbocycles. The third kappa shape index (κ3) is 4.68. The number of hydrogen-bond donors (Lipinski definition) is 0. The molecule has 1 heteroatoms. The summed E-state index contributed by atoms with van der Waals surface area (Å²) in [6.45, 7) is 6.89. The Labute approximate surface area is 240 Å². The molecular formula is C39H36P+. The molecule has 0 atom stereocenters. The van der Waals surface area contributed by atoms with Crippen LogP contribution in [0.3, 0.4) is 0 Å². The van der Waals surface area contributed by atoms with Crippen LogP contribution in [0.15, 0.2) is 146 Å². The third-order valence-electron chi connectivity index (χ3n) is 8.32. The molecule has 0 saturated heterocycles. The minimum absolute atomic E-state index is 0.490. The van der Waals surface area contributed by atoms with Gasteiger partial charge in [0.2, 0.25) is 0 Å². The van der Waals surface area contributed by atoms with Gasteiger partial charge in [0, 0.05) is 5.56 Å². The number of benzene rings is 4. The lowest BCUT2D eigenvalue weighted by atomic mass is 10.0. The maximum atomic E-state index is 2.37. The highest BCUT2D eigenvalue weighted by Crippen LogP contribution is 2.61. The predicted octanol–water partition coefficient (Wildman–Crippen LogP) is 9.38. The molecule has 0 amide bonds. The first-order valence-corrected chi connectivity index (χ1v) is 16.2. The van der Waals surface area contributed by atoms with Crippen LogP contribution in [0.1, 0.15) is 36.5 Å². The van der Waals surface area contributed by atoms with Gasteiger partial charge in [-0.05, 0) is 82.6 Å². The van der Waals surface area contributed by atoms with Gasteiger partial charge in [0.15, 0.2) is 0 Å². The first-order valence-electron chi connectivity index (χ1n) is 14.2. The fourth-order valence-corrected chi connectivity index (χ4v) is 10.5. The Morgan fingerprint density at radius 1 is 0.500 bits per heavy atom. The maximum Gasteiger partial charge on any atom is 0.116 e. The number of fused-ring (bicyclic) bond motifs is 1. The van der Waals surface area contributed by atoms with Crippen molar-refractivity contribution in [3.63, 3.8) is 0 Å². The van der Waals surface area contributed by atoms with Crippen molar-refractivity contribution in [2.24, 2.45) is 0 Å². The second-order valence-corrected chi connectivity index (χ2v) is 14.5. The molecule has 0 spiro atoms. The van der Waals surface area contributed by atoms with Crippen molar-refractivity contribution in [2.45, 2.75) is 32.9 Å². The van der Waals surface area contributed by atoms with E-state index in [-0.39, 0.29) is 0 Å². The zero-order valence-corrected chi connectivity index (χ0v) is 24.5. The van der Waals surface area contributed by atoms with Crippen LogP contribution in [0.5, 0.6) is 0 Å². The van der Waals surface area contributed by atoms with Crippen molar-refractivity contribution in [3.8, 4) is 22.3 Å². The van der Waals surface area contributed by atoms with Crippen molar-refractivity contribution in [2.75, 3.05) is 0 Å². The summed E-state index contributed by atoms with van der Waals surface area (Å²) in [6, 6.07) is 54.1. The van der Waals surface area contributed by atoms with E-state index in [0.717, 1.165) is 6.16 Å². The summed E-state index contributed by atoms with van der Waals surface area (Å²) in [6.07, 6.45) is 0.969. The van der Waals surface area contributed by atoms with E-state index in [1.807, 2.05) is 0 Å². The van der Waals surface area contributed by atoms with E-state index in [1.165, 1.54) is 54.9 Å². The van der Waals surface area contributed by atoms with E-state index in [1.54, 1.807) is 0 Å². The van der Waals surface area contributed by atoms with E-state index in [2.05, 4.69) is 166 Å². The van der Waals surface area contributed by atoms with Gasteiger partial charge in [-0.1, -0.05) is 123 Å². The van der Waals surface area contributed by atoms with E-state index < -0.39 is 7.26 Å². The summed E-state index contributed by atoms with van der Waals surface area (Å²) < 4.78 is 0. The zero-order chi connectivity index (χ0) is 27.5. The average molecular weight is 536 g/mol. The van der Waals surface area contributed by atoms with Crippen LogP contribution >= 0.6 is 7.26 Å². The Balaban J connectivity index is 1.69. The molecule has 40 heavy (non-hydrogen) atoms. The Bertz CT molecular complexity index is 1570. The second-order valence-electron chi connectivity index (χ2n) is 11.0. The van der Waals surface area contributed by atoms with E-state index >= 15 is 0 Å². The molecule has 0 radical (unpaired) electrons. The van der Waals surface area contributed by atoms with Crippen molar-refractivity contribution in [1.82, 2.24) is 0 Å². The molecule has 0 unspecified atom stereocenters. The molecule has 2 aliphatic carbocycles. The Kier molecular flexibility index (Phi) is 7.38. The van der Waals surface area contributed by atoms with Crippen molar-refractivity contribution >= 4 is 23.2 Å². The van der Waals surface area contributed by atoms with Crippen molar-refractivity contribution < 1.29 is 0 Å². The molecule has 6 rings (SSSR count). The van der Waals surface area contributed by atoms with Gasteiger partial charge < -0.3 is 0 Å². The van der Waals surface area contributed by atoms with Gasteiger partial charge in [-0.3, -0.25) is 0 Å². The SMILES string of the molecule is Cc1c2ccc(C(C)C)ccc-2c(-c2ccccc2)c1C[P+](c1ccccc1)(c1ccccc1)c1ccccc1. The molecule has 2 aliphatic rings. The van der Waals surface area contributed by atoms with Gasteiger partial charge >= 0.3 is 0 Å². The molecule has 0 nitrogen and oxygen atoms in total. The highest BCUT2D eigenvalue weighted by atomic mass is 31.2. The van der Waals surface area contributed by atoms with Gasteiger partial charge in [0.1, 0.15) is 23.2 Å². The molecule has 0 bridgehead atoms. The van der Waals surface area contributed by atoms with Gasteiger partial charge in [-0.25, -0.2) is 0 Å². The van der Waals surface area contributed by atoms with Crippen LogP contribution in [0.25, 0.3) is 22.3 Å². The number of rotatable bonds is 7. The van der Waals surface area contributed by atoms with Crippen molar-refractivity contribution in [1.29, 1.82) is 0 Å². The first-order chi connectivity index (χ1) is 19.6. The first kappa shape index (κ1) is 26.2. The molecule has 4 aromatic carbocycles. The lowest BCUT2D eigenvalue weighted by Gasteiger charge is -2.28. The Hall–Kier alpha value is -3.99. The van der Waals surface area contributed by atoms with Gasteiger partial charge in [-0.15, -0.1) is 0 Å². The van der Waals surface area contributed by atoms with E-state index in [4.69, 9.17) is 0 Å². The summed E-state index contributed by atoms with van der Waals surface area (Å²) >= 11 is 0. The van der Waals surface area contributed by atoms with Crippen LogP contribution in [0.4, 0.5) is 0 Å². The van der Waals surface area contributed by atoms with Gasteiger partial charge in [0.05, 0.1) is 6.16 Å². The predicted molar refractivity (Wildman–Crippen MR) is 176 cm³/mol. The Morgan fingerprint density at radius 2 is 0.925 bits per heavy atom. The minimum Gasteiger partial charge on any atom is -0.0622 e. The summed E-state index contributed by atoms with van der Waals surface area (Å²) in [5.74, 6) is 0.490. The van der Waals surface area contributed by atoms with Crippen LogP contribution < -0.4 is 15.9 Å². The Morgan fingerprint density at radius 3 is 1.38 bits per heavy atom. The van der Waals surface area contributed by atoms with Gasteiger partial charge in [-0.2, -0.15) is 0 Å². The fraction of sp³-hybridized carbons (Fsp3) is 0.128. The maximum absolute atomic E-state index is 2.37. The quantitative estimate of drug-likeness (QED) is 0.179. The lowest BCUT2D eigenvalue weighted by molar-refractivity contribution is 0.868. The fourth-order valence-electron chi connectivity index (χ4n) is 6.17. The standard InChI is InChI=1S/C39H36P/c1-29(2)31-24-26-36-30(3)38(39(37(36)27-25-31)32-16-8-4-9-17-32)28-40(33-18-10-5-11-19-33,34-20-12-6-13-21-34)35-22-14-7-15-23-35/h4-27,29H,28H2,1-3H3/q+1. The minimum atomic E-state index is -2.05. The van der Waals surface area contributed by atoms with Gasteiger partial charge in [0.25, 0.3) is 0 Å². The van der Waals surface area contributed by atoms with Crippen LogP contribution in [0, 0.1) is 6.92 Å². The van der Waals surface area contributed by atoms with E-state index in [0.29, 0.717) is 5.92 Å². The molecular weight excluding hydrogens is 499 g/mol.